The maximum absolute atomic E-state index is 11.2. The lowest BCUT2D eigenvalue weighted by atomic mass is 10.1. The molecule has 0 saturated carbocycles. The molecule has 0 atom stereocenters. The molecular weight excluding hydrogens is 274 g/mol. The molecule has 0 spiro atoms. The molecule has 1 heterocycles. The number of nitrogens with zero attached hydrogens (tertiary/aromatic N) is 1. The number of aliphatic carboxylic acids is 1. The van der Waals surface area contributed by atoms with Crippen molar-refractivity contribution in [3.63, 3.8) is 0 Å². The first kappa shape index (κ1) is 14.4. The van der Waals surface area contributed by atoms with Gasteiger partial charge in [0.1, 0.15) is 0 Å². The van der Waals surface area contributed by atoms with E-state index in [-0.39, 0.29) is 6.42 Å². The lowest BCUT2D eigenvalue weighted by Crippen LogP contribution is -2.05. The minimum absolute atomic E-state index is 0.0627. The summed E-state index contributed by atoms with van der Waals surface area (Å²) >= 11 is 0. The van der Waals surface area contributed by atoms with E-state index < -0.39 is 5.97 Å². The number of fused-ring (bicyclic) bond motifs is 1. The third-order valence-corrected chi connectivity index (χ3v) is 4.11. The summed E-state index contributed by atoms with van der Waals surface area (Å²) in [7, 11) is 0. The molecule has 22 heavy (non-hydrogen) atoms. The van der Waals surface area contributed by atoms with Crippen LogP contribution in [0.2, 0.25) is 0 Å². The zero-order valence-corrected chi connectivity index (χ0v) is 12.8. The van der Waals surface area contributed by atoms with Crippen molar-refractivity contribution in [2.75, 3.05) is 0 Å². The summed E-state index contributed by atoms with van der Waals surface area (Å²) in [6, 6.07) is 16.5. The zero-order valence-electron chi connectivity index (χ0n) is 12.8. The third kappa shape index (κ3) is 2.62. The Morgan fingerprint density at radius 1 is 1.09 bits per heavy atom. The first-order valence-electron chi connectivity index (χ1n) is 7.40. The van der Waals surface area contributed by atoms with Crippen molar-refractivity contribution < 1.29 is 9.90 Å². The highest BCUT2D eigenvalue weighted by Crippen LogP contribution is 2.27. The molecular formula is C19H19NO2. The Morgan fingerprint density at radius 2 is 1.86 bits per heavy atom. The zero-order chi connectivity index (χ0) is 15.7. The Labute approximate surface area is 129 Å². The summed E-state index contributed by atoms with van der Waals surface area (Å²) in [5.41, 5.74) is 5.50. The molecule has 0 radical (unpaired) electrons. The Morgan fingerprint density at radius 3 is 2.59 bits per heavy atom. The fraction of sp³-hybridized carbons (Fsp3) is 0.211. The molecule has 0 saturated heterocycles. The number of carboxylic acid groups (broad SMARTS) is 1. The van der Waals surface area contributed by atoms with Gasteiger partial charge >= 0.3 is 5.97 Å². The van der Waals surface area contributed by atoms with Crippen LogP contribution in [0.15, 0.2) is 48.5 Å². The highest BCUT2D eigenvalue weighted by atomic mass is 16.4. The van der Waals surface area contributed by atoms with E-state index in [1.165, 1.54) is 11.1 Å². The number of aromatic nitrogens is 1. The van der Waals surface area contributed by atoms with Crippen LogP contribution in [-0.2, 0) is 17.8 Å². The summed E-state index contributed by atoms with van der Waals surface area (Å²) < 4.78 is 2.21. The number of carbonyl (C=O) groups is 1. The summed E-state index contributed by atoms with van der Waals surface area (Å²) in [5.74, 6) is -0.790. The van der Waals surface area contributed by atoms with Gasteiger partial charge in [-0.3, -0.25) is 4.79 Å². The van der Waals surface area contributed by atoms with Crippen molar-refractivity contribution in [1.82, 2.24) is 4.57 Å². The van der Waals surface area contributed by atoms with Crippen molar-refractivity contribution in [3.8, 4) is 0 Å². The quantitative estimate of drug-likeness (QED) is 0.792. The van der Waals surface area contributed by atoms with E-state index in [1.807, 2.05) is 25.1 Å². The van der Waals surface area contributed by atoms with Crippen molar-refractivity contribution >= 4 is 16.9 Å². The molecule has 0 bridgehead atoms. The molecule has 1 N–H and O–H groups in total. The van der Waals surface area contributed by atoms with Gasteiger partial charge in [-0.15, -0.1) is 0 Å². The van der Waals surface area contributed by atoms with Gasteiger partial charge in [-0.05, 0) is 31.0 Å². The normalized spacial score (nSPS) is 11.0. The fourth-order valence-electron chi connectivity index (χ4n) is 3.07. The lowest BCUT2D eigenvalue weighted by molar-refractivity contribution is -0.136. The van der Waals surface area contributed by atoms with Crippen LogP contribution < -0.4 is 0 Å². The predicted octanol–water partition coefficient (Wildman–Crippen LogP) is 3.93. The molecule has 0 unspecified atom stereocenters. The molecule has 0 aliphatic rings. The topological polar surface area (TPSA) is 42.2 Å². The van der Waals surface area contributed by atoms with Crippen LogP contribution in [0.4, 0.5) is 0 Å². The fourth-order valence-corrected chi connectivity index (χ4v) is 3.07. The number of rotatable bonds is 4. The van der Waals surface area contributed by atoms with Gasteiger partial charge in [-0.25, -0.2) is 0 Å². The van der Waals surface area contributed by atoms with Crippen LogP contribution in [0.5, 0.6) is 0 Å². The average molecular weight is 293 g/mol. The van der Waals surface area contributed by atoms with Crippen LogP contribution in [0.25, 0.3) is 10.9 Å². The second-order valence-corrected chi connectivity index (χ2v) is 5.73. The molecule has 0 fully saturated rings. The minimum Gasteiger partial charge on any atom is -0.481 e. The maximum atomic E-state index is 11.2. The lowest BCUT2D eigenvalue weighted by Gasteiger charge is -2.09. The number of benzene rings is 2. The minimum atomic E-state index is -0.790. The van der Waals surface area contributed by atoms with E-state index in [1.54, 1.807) is 0 Å². The van der Waals surface area contributed by atoms with Crippen molar-refractivity contribution in [2.45, 2.75) is 26.8 Å². The van der Waals surface area contributed by atoms with E-state index in [0.717, 1.165) is 28.7 Å². The number of aryl methyl sites for hydroxylation is 1. The molecule has 0 aliphatic heterocycles. The van der Waals surface area contributed by atoms with Gasteiger partial charge in [0.05, 0.1) is 6.42 Å². The average Bonchev–Trinajstić information content (AvgIpc) is 2.73. The smallest absolute Gasteiger partial charge is 0.307 e. The summed E-state index contributed by atoms with van der Waals surface area (Å²) in [6.45, 7) is 4.85. The summed E-state index contributed by atoms with van der Waals surface area (Å²) in [4.78, 5) is 11.2. The van der Waals surface area contributed by atoms with Crippen LogP contribution in [0.3, 0.4) is 0 Å². The van der Waals surface area contributed by atoms with E-state index in [2.05, 4.69) is 41.8 Å². The van der Waals surface area contributed by atoms with Crippen molar-refractivity contribution in [3.05, 3.63) is 70.9 Å². The van der Waals surface area contributed by atoms with Crippen LogP contribution >= 0.6 is 0 Å². The maximum Gasteiger partial charge on any atom is 0.307 e. The highest BCUT2D eigenvalue weighted by Gasteiger charge is 2.16. The Kier molecular flexibility index (Phi) is 3.72. The van der Waals surface area contributed by atoms with Gasteiger partial charge in [-0.2, -0.15) is 0 Å². The van der Waals surface area contributed by atoms with Gasteiger partial charge in [0.2, 0.25) is 0 Å². The van der Waals surface area contributed by atoms with Crippen LogP contribution in [0.1, 0.15) is 22.4 Å². The Balaban J connectivity index is 2.13. The number of hydrogen-bond acceptors (Lipinski definition) is 1. The molecule has 0 aliphatic carbocycles. The Hall–Kier alpha value is -2.55. The van der Waals surface area contributed by atoms with Gasteiger partial charge in [0.15, 0.2) is 0 Å². The second kappa shape index (κ2) is 5.68. The summed E-state index contributed by atoms with van der Waals surface area (Å²) in [5, 5.41) is 10.2. The van der Waals surface area contributed by atoms with Crippen LogP contribution in [0, 0.1) is 13.8 Å². The third-order valence-electron chi connectivity index (χ3n) is 4.11. The molecule has 0 amide bonds. The van der Waals surface area contributed by atoms with E-state index in [0.29, 0.717) is 0 Å². The largest absolute Gasteiger partial charge is 0.481 e. The van der Waals surface area contributed by atoms with Gasteiger partial charge < -0.3 is 9.67 Å². The molecule has 1 aromatic heterocycles. The molecule has 112 valence electrons. The highest BCUT2D eigenvalue weighted by molar-refractivity contribution is 5.89. The molecule has 3 rings (SSSR count). The number of para-hydroxylation sites is 1. The van der Waals surface area contributed by atoms with E-state index in [4.69, 9.17) is 0 Å². The van der Waals surface area contributed by atoms with Crippen LogP contribution in [-0.4, -0.2) is 15.6 Å². The summed E-state index contributed by atoms with van der Waals surface area (Å²) in [6.07, 6.45) is 0.0627. The Bertz CT molecular complexity index is 846. The van der Waals surface area contributed by atoms with Gasteiger partial charge in [0.25, 0.3) is 0 Å². The second-order valence-electron chi connectivity index (χ2n) is 5.73. The number of carboxylic acids is 1. The molecule has 2 aromatic carbocycles. The van der Waals surface area contributed by atoms with Gasteiger partial charge in [0, 0.05) is 23.1 Å². The van der Waals surface area contributed by atoms with Crippen molar-refractivity contribution in [1.29, 1.82) is 0 Å². The molecule has 3 aromatic rings. The molecule has 3 heteroatoms. The van der Waals surface area contributed by atoms with E-state index in [9.17, 15) is 9.90 Å². The first-order valence-corrected chi connectivity index (χ1v) is 7.40. The predicted molar refractivity (Wildman–Crippen MR) is 88.3 cm³/mol. The standard InChI is InChI=1S/C19H19NO2/c1-13-6-5-7-15(10-13)12-20-14(2)17(11-19(21)22)16-8-3-4-9-18(16)20/h3-10H,11-12H2,1-2H3,(H,21,22). The van der Waals surface area contributed by atoms with Crippen molar-refractivity contribution in [2.24, 2.45) is 0 Å². The number of hydrogen-bond donors (Lipinski definition) is 1. The van der Waals surface area contributed by atoms with Gasteiger partial charge in [-0.1, -0.05) is 48.0 Å². The SMILES string of the molecule is Cc1cccc(Cn2c(C)c(CC(=O)O)c3ccccc32)c1. The first-order chi connectivity index (χ1) is 10.6. The molecule has 3 nitrogen and oxygen atoms in total. The van der Waals surface area contributed by atoms with E-state index >= 15 is 0 Å². The monoisotopic (exact) mass is 293 g/mol.